The summed E-state index contributed by atoms with van der Waals surface area (Å²) in [5.41, 5.74) is 5.39. The Morgan fingerprint density at radius 2 is 1.74 bits per heavy atom. The van der Waals surface area contributed by atoms with E-state index >= 15 is 0 Å². The maximum Gasteiger partial charge on any atom is 0.315 e. The van der Waals surface area contributed by atoms with E-state index in [0.29, 0.717) is 5.75 Å². The Bertz CT molecular complexity index is 911. The predicted octanol–water partition coefficient (Wildman–Crippen LogP) is 2.14. The summed E-state index contributed by atoms with van der Waals surface area (Å²) in [6, 6.07) is 15.2. The molecule has 3 rings (SSSR count). The smallest absolute Gasteiger partial charge is 0.315 e. The molecule has 0 amide bonds. The molecule has 0 unspecified atom stereocenters. The van der Waals surface area contributed by atoms with Crippen LogP contribution < -0.4 is 10.5 Å². The zero-order valence-electron chi connectivity index (χ0n) is 15.3. The molecule has 0 saturated heterocycles. The van der Waals surface area contributed by atoms with Crippen molar-refractivity contribution in [3.8, 4) is 5.75 Å². The number of ether oxygens (including phenoxy) is 2. The van der Waals surface area contributed by atoms with E-state index in [2.05, 4.69) is 0 Å². The van der Waals surface area contributed by atoms with E-state index in [1.165, 1.54) is 12.1 Å². The molecule has 1 fully saturated rings. The fourth-order valence-electron chi connectivity index (χ4n) is 3.74. The summed E-state index contributed by atoms with van der Waals surface area (Å²) in [4.78, 5) is 12.9. The third-order valence-electron chi connectivity index (χ3n) is 5.13. The van der Waals surface area contributed by atoms with Crippen molar-refractivity contribution < 1.29 is 22.7 Å². The van der Waals surface area contributed by atoms with Gasteiger partial charge >= 0.3 is 5.97 Å². The van der Waals surface area contributed by atoms with Crippen molar-refractivity contribution in [1.29, 1.82) is 0 Å². The summed E-state index contributed by atoms with van der Waals surface area (Å²) >= 11 is 0. The zero-order valence-corrected chi connectivity index (χ0v) is 16.1. The lowest BCUT2D eigenvalue weighted by Crippen LogP contribution is -2.33. The van der Waals surface area contributed by atoms with E-state index in [1.807, 2.05) is 0 Å². The van der Waals surface area contributed by atoms with Crippen LogP contribution in [-0.4, -0.2) is 39.9 Å². The molecule has 2 aromatic rings. The lowest BCUT2D eigenvalue weighted by Gasteiger charge is -2.14. The van der Waals surface area contributed by atoms with Gasteiger partial charge in [0.15, 0.2) is 9.84 Å². The molecule has 1 aliphatic carbocycles. The highest BCUT2D eigenvalue weighted by Crippen LogP contribution is 2.64. The first kappa shape index (κ1) is 19.4. The average Bonchev–Trinajstić information content (AvgIpc) is 3.40. The van der Waals surface area contributed by atoms with Crippen LogP contribution in [0.1, 0.15) is 18.4 Å². The maximum atomic E-state index is 13.3. The van der Waals surface area contributed by atoms with Crippen LogP contribution in [0.25, 0.3) is 0 Å². The van der Waals surface area contributed by atoms with Gasteiger partial charge in [-0.15, -0.1) is 0 Å². The number of methoxy groups -OCH3 is 1. The van der Waals surface area contributed by atoms with Crippen LogP contribution in [0.5, 0.6) is 5.75 Å². The molecule has 1 aliphatic rings. The molecule has 27 heavy (non-hydrogen) atoms. The molecule has 2 aromatic carbocycles. The largest absolute Gasteiger partial charge is 0.497 e. The topological polar surface area (TPSA) is 95.7 Å². The Morgan fingerprint density at radius 3 is 2.26 bits per heavy atom. The number of rotatable bonds is 7. The van der Waals surface area contributed by atoms with Gasteiger partial charge in [0.05, 0.1) is 23.9 Å². The maximum absolute atomic E-state index is 13.3. The summed E-state index contributed by atoms with van der Waals surface area (Å²) in [5.74, 6) is -0.494. The number of sulfone groups is 1. The van der Waals surface area contributed by atoms with Crippen LogP contribution in [-0.2, 0) is 19.4 Å². The SMILES string of the molecule is CCOC(=O)[C@]1(CN)[C@H](c2ccc(OC)cc2)[C@@H]1S(=O)(=O)c1ccccc1. The number of hydrogen-bond acceptors (Lipinski definition) is 6. The Labute approximate surface area is 159 Å². The standard InChI is InChI=1S/C20H23NO5S/c1-3-26-19(22)20(13-21)17(14-9-11-15(25-2)12-10-14)18(20)27(23,24)16-7-5-4-6-8-16/h4-12,17-18H,3,13,21H2,1-2H3/t17-,18+,20-/m1/s1. The highest BCUT2D eigenvalue weighted by atomic mass is 32.2. The molecule has 0 aromatic heterocycles. The van der Waals surface area contributed by atoms with Crippen LogP contribution in [0.2, 0.25) is 0 Å². The number of esters is 1. The van der Waals surface area contributed by atoms with Crippen LogP contribution in [0.4, 0.5) is 0 Å². The minimum atomic E-state index is -3.77. The van der Waals surface area contributed by atoms with Gasteiger partial charge in [0, 0.05) is 12.5 Å². The average molecular weight is 389 g/mol. The van der Waals surface area contributed by atoms with Crippen LogP contribution >= 0.6 is 0 Å². The Morgan fingerprint density at radius 1 is 1.11 bits per heavy atom. The molecular formula is C20H23NO5S. The van der Waals surface area contributed by atoms with E-state index in [-0.39, 0.29) is 18.0 Å². The molecule has 0 bridgehead atoms. The van der Waals surface area contributed by atoms with Crippen molar-refractivity contribution in [3.05, 3.63) is 60.2 Å². The van der Waals surface area contributed by atoms with Gasteiger partial charge in [0.25, 0.3) is 0 Å². The first-order chi connectivity index (χ1) is 12.9. The van der Waals surface area contributed by atoms with Gasteiger partial charge in [-0.1, -0.05) is 30.3 Å². The summed E-state index contributed by atoms with van der Waals surface area (Å²) in [6.45, 7) is 1.74. The Kier molecular flexibility index (Phi) is 5.26. The summed E-state index contributed by atoms with van der Waals surface area (Å²) in [7, 11) is -2.22. The van der Waals surface area contributed by atoms with Crippen molar-refractivity contribution in [3.63, 3.8) is 0 Å². The van der Waals surface area contributed by atoms with Gasteiger partial charge < -0.3 is 15.2 Å². The first-order valence-corrected chi connectivity index (χ1v) is 10.3. The Hall–Kier alpha value is -2.38. The number of carbonyl (C=O) groups is 1. The summed E-state index contributed by atoms with van der Waals surface area (Å²) < 4.78 is 37.0. The first-order valence-electron chi connectivity index (χ1n) is 8.73. The van der Waals surface area contributed by atoms with Crippen molar-refractivity contribution in [2.45, 2.75) is 23.0 Å². The zero-order chi connectivity index (χ0) is 19.7. The number of benzene rings is 2. The van der Waals surface area contributed by atoms with Gasteiger partial charge in [-0.25, -0.2) is 8.42 Å². The summed E-state index contributed by atoms with van der Waals surface area (Å²) in [5, 5.41) is -0.968. The molecule has 0 aliphatic heterocycles. The van der Waals surface area contributed by atoms with E-state index in [0.717, 1.165) is 5.56 Å². The molecule has 1 saturated carbocycles. The quantitative estimate of drug-likeness (QED) is 0.729. The fraction of sp³-hybridized carbons (Fsp3) is 0.350. The van der Waals surface area contributed by atoms with Gasteiger partial charge in [0.1, 0.15) is 11.2 Å². The molecule has 3 atom stereocenters. The second-order valence-electron chi connectivity index (χ2n) is 6.49. The van der Waals surface area contributed by atoms with E-state index < -0.39 is 32.4 Å². The van der Waals surface area contributed by atoms with Crippen LogP contribution in [0.3, 0.4) is 0 Å². The fourth-order valence-corrected chi connectivity index (χ4v) is 6.14. The molecule has 144 valence electrons. The van der Waals surface area contributed by atoms with E-state index in [4.69, 9.17) is 15.2 Å². The minimum absolute atomic E-state index is 0.112. The van der Waals surface area contributed by atoms with Crippen molar-refractivity contribution >= 4 is 15.8 Å². The van der Waals surface area contributed by atoms with Crippen molar-refractivity contribution in [2.75, 3.05) is 20.3 Å². The second kappa shape index (κ2) is 7.32. The number of carbonyl (C=O) groups excluding carboxylic acids is 1. The van der Waals surface area contributed by atoms with Gasteiger partial charge in [-0.2, -0.15) is 0 Å². The highest BCUT2D eigenvalue weighted by Gasteiger charge is 2.75. The number of hydrogen-bond donors (Lipinski definition) is 1. The third-order valence-corrected chi connectivity index (χ3v) is 7.42. The number of nitrogens with two attached hydrogens (primary N) is 1. The molecule has 0 heterocycles. The lowest BCUT2D eigenvalue weighted by atomic mass is 9.99. The lowest BCUT2D eigenvalue weighted by molar-refractivity contribution is -0.149. The monoisotopic (exact) mass is 389 g/mol. The molecule has 2 N–H and O–H groups in total. The summed E-state index contributed by atoms with van der Waals surface area (Å²) in [6.07, 6.45) is 0. The molecular weight excluding hydrogens is 366 g/mol. The predicted molar refractivity (Wildman–Crippen MR) is 101 cm³/mol. The highest BCUT2D eigenvalue weighted by molar-refractivity contribution is 7.92. The van der Waals surface area contributed by atoms with Crippen molar-refractivity contribution in [1.82, 2.24) is 0 Å². The molecule has 0 spiro atoms. The van der Waals surface area contributed by atoms with Crippen LogP contribution in [0, 0.1) is 5.41 Å². The van der Waals surface area contributed by atoms with Gasteiger partial charge in [0.2, 0.25) is 0 Å². The van der Waals surface area contributed by atoms with Gasteiger partial charge in [-0.3, -0.25) is 4.79 Å². The molecule has 6 nitrogen and oxygen atoms in total. The third kappa shape index (κ3) is 3.11. The Balaban J connectivity index is 2.09. The van der Waals surface area contributed by atoms with Crippen LogP contribution in [0.15, 0.2) is 59.5 Å². The van der Waals surface area contributed by atoms with E-state index in [1.54, 1.807) is 56.5 Å². The van der Waals surface area contributed by atoms with Gasteiger partial charge in [-0.05, 0) is 36.8 Å². The normalized spacial score (nSPS) is 24.3. The molecule has 0 radical (unpaired) electrons. The van der Waals surface area contributed by atoms with E-state index in [9.17, 15) is 13.2 Å². The second-order valence-corrected chi connectivity index (χ2v) is 8.56. The van der Waals surface area contributed by atoms with Crippen molar-refractivity contribution in [2.24, 2.45) is 11.1 Å². The molecule has 7 heteroatoms. The minimum Gasteiger partial charge on any atom is -0.497 e.